The van der Waals surface area contributed by atoms with Crippen molar-refractivity contribution in [1.29, 1.82) is 0 Å². The minimum atomic E-state index is 0.804. The zero-order valence-electron chi connectivity index (χ0n) is 10.0. The predicted octanol–water partition coefficient (Wildman–Crippen LogP) is 3.62. The van der Waals surface area contributed by atoms with Crippen molar-refractivity contribution in [2.45, 2.75) is 43.5 Å². The maximum absolute atomic E-state index is 3.55. The number of rotatable bonds is 5. The van der Waals surface area contributed by atoms with E-state index in [0.717, 1.165) is 6.04 Å². The van der Waals surface area contributed by atoms with Crippen molar-refractivity contribution in [3.63, 3.8) is 0 Å². The van der Waals surface area contributed by atoms with E-state index in [9.17, 15) is 0 Å². The number of thioether (sulfide) groups is 1. The summed E-state index contributed by atoms with van der Waals surface area (Å²) in [4.78, 5) is 1.41. The first-order valence-corrected chi connectivity index (χ1v) is 7.26. The highest BCUT2D eigenvalue weighted by molar-refractivity contribution is 7.99. The first-order chi connectivity index (χ1) is 7.84. The Hall–Kier alpha value is -0.470. The Morgan fingerprint density at radius 2 is 2.12 bits per heavy atom. The average molecular weight is 235 g/mol. The molecule has 2 heteroatoms. The molecule has 1 unspecified atom stereocenters. The number of hydrogen-bond donors (Lipinski definition) is 1. The Balaban J connectivity index is 1.62. The van der Waals surface area contributed by atoms with E-state index in [1.807, 2.05) is 11.8 Å². The lowest BCUT2D eigenvalue weighted by molar-refractivity contribution is 0.553. The molecule has 1 saturated heterocycles. The van der Waals surface area contributed by atoms with Crippen LogP contribution in [0.2, 0.25) is 0 Å². The fraction of sp³-hybridized carbons (Fsp3) is 0.571. The summed E-state index contributed by atoms with van der Waals surface area (Å²) in [6.45, 7) is 3.37. The molecule has 0 amide bonds. The molecule has 0 radical (unpaired) electrons. The van der Waals surface area contributed by atoms with Crippen molar-refractivity contribution in [3.05, 3.63) is 29.8 Å². The van der Waals surface area contributed by atoms with Gasteiger partial charge in [0.25, 0.3) is 0 Å². The zero-order valence-corrected chi connectivity index (χ0v) is 10.9. The molecular weight excluding hydrogens is 214 g/mol. The molecule has 2 rings (SSSR count). The maximum atomic E-state index is 3.55. The van der Waals surface area contributed by atoms with Gasteiger partial charge in [0.05, 0.1) is 0 Å². The van der Waals surface area contributed by atoms with Crippen molar-refractivity contribution in [1.82, 2.24) is 5.32 Å². The Labute approximate surface area is 103 Å². The minimum Gasteiger partial charge on any atom is -0.314 e. The molecule has 1 atom stereocenters. The van der Waals surface area contributed by atoms with Crippen LogP contribution in [0.15, 0.2) is 29.2 Å². The lowest BCUT2D eigenvalue weighted by Crippen LogP contribution is -2.20. The molecule has 1 fully saturated rings. The molecule has 0 aromatic heterocycles. The van der Waals surface area contributed by atoms with Crippen LogP contribution in [0.5, 0.6) is 0 Å². The van der Waals surface area contributed by atoms with Crippen LogP contribution in [0.1, 0.15) is 31.2 Å². The second-order valence-corrected chi connectivity index (χ2v) is 5.77. The molecule has 1 heterocycles. The fourth-order valence-electron chi connectivity index (χ4n) is 2.16. The Morgan fingerprint density at radius 1 is 1.31 bits per heavy atom. The quantitative estimate of drug-likeness (QED) is 0.618. The highest BCUT2D eigenvalue weighted by atomic mass is 32.2. The van der Waals surface area contributed by atoms with Gasteiger partial charge in [-0.1, -0.05) is 17.7 Å². The molecule has 1 aliphatic rings. The summed E-state index contributed by atoms with van der Waals surface area (Å²) in [6, 6.07) is 9.65. The monoisotopic (exact) mass is 235 g/mol. The van der Waals surface area contributed by atoms with Gasteiger partial charge in [0.1, 0.15) is 0 Å². The summed E-state index contributed by atoms with van der Waals surface area (Å²) in [5.41, 5.74) is 1.35. The van der Waals surface area contributed by atoms with Gasteiger partial charge in [0, 0.05) is 10.9 Å². The van der Waals surface area contributed by atoms with Crippen molar-refractivity contribution >= 4 is 11.8 Å². The SMILES string of the molecule is Cc1ccc(SCCCC2CCCN2)cc1. The number of nitrogens with one attached hydrogen (secondary N) is 1. The van der Waals surface area contributed by atoms with Gasteiger partial charge in [-0.05, 0) is 57.0 Å². The van der Waals surface area contributed by atoms with Gasteiger partial charge in [-0.15, -0.1) is 11.8 Å². The molecule has 1 aromatic rings. The average Bonchev–Trinajstić information content (AvgIpc) is 2.80. The van der Waals surface area contributed by atoms with Crippen LogP contribution in [0, 0.1) is 6.92 Å². The van der Waals surface area contributed by atoms with Gasteiger partial charge in [-0.2, -0.15) is 0 Å². The first-order valence-electron chi connectivity index (χ1n) is 6.27. The topological polar surface area (TPSA) is 12.0 Å². The maximum Gasteiger partial charge on any atom is 0.00721 e. The van der Waals surface area contributed by atoms with Gasteiger partial charge < -0.3 is 5.32 Å². The number of hydrogen-bond acceptors (Lipinski definition) is 2. The number of benzene rings is 1. The molecular formula is C14H21NS. The Bertz CT molecular complexity index is 301. The lowest BCUT2D eigenvalue weighted by atomic mass is 10.1. The molecule has 1 aliphatic heterocycles. The highest BCUT2D eigenvalue weighted by Gasteiger charge is 2.12. The third-order valence-electron chi connectivity index (χ3n) is 3.15. The highest BCUT2D eigenvalue weighted by Crippen LogP contribution is 2.21. The lowest BCUT2D eigenvalue weighted by Gasteiger charge is -2.09. The second kappa shape index (κ2) is 6.31. The van der Waals surface area contributed by atoms with Crippen molar-refractivity contribution in [2.24, 2.45) is 0 Å². The summed E-state index contributed by atoms with van der Waals surface area (Å²) in [5.74, 6) is 1.25. The largest absolute Gasteiger partial charge is 0.314 e. The fourth-order valence-corrected chi connectivity index (χ4v) is 3.03. The number of aryl methyl sites for hydroxylation is 1. The van der Waals surface area contributed by atoms with E-state index in [-0.39, 0.29) is 0 Å². The van der Waals surface area contributed by atoms with E-state index in [1.54, 1.807) is 0 Å². The molecule has 0 aliphatic carbocycles. The molecule has 1 nitrogen and oxygen atoms in total. The normalized spacial score (nSPS) is 20.2. The van der Waals surface area contributed by atoms with Crippen LogP contribution in [-0.4, -0.2) is 18.3 Å². The van der Waals surface area contributed by atoms with Crippen LogP contribution in [0.25, 0.3) is 0 Å². The smallest absolute Gasteiger partial charge is 0.00721 e. The first kappa shape index (κ1) is 12.0. The van der Waals surface area contributed by atoms with Gasteiger partial charge >= 0.3 is 0 Å². The van der Waals surface area contributed by atoms with Gasteiger partial charge in [-0.25, -0.2) is 0 Å². The summed E-state index contributed by atoms with van der Waals surface area (Å²) >= 11 is 1.98. The van der Waals surface area contributed by atoms with E-state index >= 15 is 0 Å². The zero-order chi connectivity index (χ0) is 11.2. The molecule has 0 bridgehead atoms. The Morgan fingerprint density at radius 3 is 2.81 bits per heavy atom. The standard InChI is InChI=1S/C14H21NS/c1-12-6-8-14(9-7-12)16-11-3-5-13-4-2-10-15-13/h6-9,13,15H,2-5,10-11H2,1H3. The predicted molar refractivity (Wildman–Crippen MR) is 72.2 cm³/mol. The van der Waals surface area contributed by atoms with Crippen molar-refractivity contribution in [2.75, 3.05) is 12.3 Å². The van der Waals surface area contributed by atoms with Crippen LogP contribution < -0.4 is 5.32 Å². The molecule has 1 N–H and O–H groups in total. The summed E-state index contributed by atoms with van der Waals surface area (Å²) < 4.78 is 0. The van der Waals surface area contributed by atoms with Crippen LogP contribution in [0.4, 0.5) is 0 Å². The van der Waals surface area contributed by atoms with E-state index < -0.39 is 0 Å². The molecule has 0 spiro atoms. The van der Waals surface area contributed by atoms with Gasteiger partial charge in [0.15, 0.2) is 0 Å². The van der Waals surface area contributed by atoms with E-state index in [1.165, 1.54) is 48.4 Å². The van der Waals surface area contributed by atoms with Crippen molar-refractivity contribution in [3.8, 4) is 0 Å². The minimum absolute atomic E-state index is 0.804. The summed E-state index contributed by atoms with van der Waals surface area (Å²) in [7, 11) is 0. The molecule has 88 valence electrons. The van der Waals surface area contributed by atoms with Crippen LogP contribution in [-0.2, 0) is 0 Å². The van der Waals surface area contributed by atoms with Gasteiger partial charge in [0.2, 0.25) is 0 Å². The molecule has 1 aromatic carbocycles. The second-order valence-electron chi connectivity index (χ2n) is 4.60. The third-order valence-corrected chi connectivity index (χ3v) is 4.25. The van der Waals surface area contributed by atoms with Crippen LogP contribution in [0.3, 0.4) is 0 Å². The summed E-state index contributed by atoms with van der Waals surface area (Å²) in [5, 5.41) is 3.55. The third kappa shape index (κ3) is 3.84. The van der Waals surface area contributed by atoms with Gasteiger partial charge in [-0.3, -0.25) is 0 Å². The van der Waals surface area contributed by atoms with E-state index in [0.29, 0.717) is 0 Å². The molecule has 0 saturated carbocycles. The van der Waals surface area contributed by atoms with Crippen LogP contribution >= 0.6 is 11.8 Å². The molecule has 16 heavy (non-hydrogen) atoms. The van der Waals surface area contributed by atoms with E-state index in [2.05, 4.69) is 36.5 Å². The van der Waals surface area contributed by atoms with Crippen molar-refractivity contribution < 1.29 is 0 Å². The van der Waals surface area contributed by atoms with E-state index in [4.69, 9.17) is 0 Å². The summed E-state index contributed by atoms with van der Waals surface area (Å²) in [6.07, 6.45) is 5.43. The Kier molecular flexibility index (Phi) is 4.73.